The van der Waals surface area contributed by atoms with Crippen molar-refractivity contribution in [2.24, 2.45) is 0 Å². The third-order valence-corrected chi connectivity index (χ3v) is 7.68. The van der Waals surface area contributed by atoms with Crippen LogP contribution in [0.4, 0.5) is 0 Å². The smallest absolute Gasteiger partial charge is 0.147 e. The van der Waals surface area contributed by atoms with Gasteiger partial charge in [-0.3, -0.25) is 0 Å². The van der Waals surface area contributed by atoms with E-state index in [1.54, 1.807) is 14.2 Å². The van der Waals surface area contributed by atoms with E-state index < -0.39 is 0 Å². The molecule has 2 aromatic heterocycles. The van der Waals surface area contributed by atoms with Crippen LogP contribution in [0.5, 0.6) is 11.5 Å². The fourth-order valence-corrected chi connectivity index (χ4v) is 5.74. The first-order valence-electron chi connectivity index (χ1n) is 13.9. The monoisotopic (exact) mass is 547 g/mol. The number of hydrogen-bond donors (Lipinski definition) is 1. The molecule has 0 radical (unpaired) electrons. The molecule has 7 rings (SSSR count). The van der Waals surface area contributed by atoms with Crippen LogP contribution in [0, 0.1) is 0 Å². The second-order valence-electron chi connectivity index (χ2n) is 10.1. The predicted octanol–water partition coefficient (Wildman–Crippen LogP) is 10.1. The first-order chi connectivity index (χ1) is 20.8. The van der Waals surface area contributed by atoms with Crippen molar-refractivity contribution >= 4 is 10.9 Å². The number of aromatic nitrogens is 1. The molecule has 2 heterocycles. The van der Waals surface area contributed by atoms with Crippen molar-refractivity contribution in [3.05, 3.63) is 133 Å². The first kappa shape index (κ1) is 25.5. The van der Waals surface area contributed by atoms with E-state index in [9.17, 15) is 0 Å². The van der Waals surface area contributed by atoms with Gasteiger partial charge in [0.05, 0.1) is 25.5 Å². The molecule has 204 valence electrons. The van der Waals surface area contributed by atoms with E-state index in [2.05, 4.69) is 89.9 Å². The summed E-state index contributed by atoms with van der Waals surface area (Å²) in [5.41, 5.74) is 9.19. The molecule has 7 aromatic rings. The third kappa shape index (κ3) is 4.34. The summed E-state index contributed by atoms with van der Waals surface area (Å²) >= 11 is 0. The summed E-state index contributed by atoms with van der Waals surface area (Å²) in [7, 11) is 3.34. The molecule has 0 saturated carbocycles. The van der Waals surface area contributed by atoms with Gasteiger partial charge in [0.2, 0.25) is 0 Å². The highest BCUT2D eigenvalue weighted by atomic mass is 16.5. The molecule has 1 N–H and O–H groups in total. The maximum Gasteiger partial charge on any atom is 0.147 e. The first-order valence-corrected chi connectivity index (χ1v) is 13.9. The normalized spacial score (nSPS) is 11.1. The van der Waals surface area contributed by atoms with Crippen LogP contribution in [-0.4, -0.2) is 19.2 Å². The summed E-state index contributed by atoms with van der Waals surface area (Å²) < 4.78 is 18.5. The Hall–Kier alpha value is -5.48. The van der Waals surface area contributed by atoms with Crippen molar-refractivity contribution < 1.29 is 13.9 Å². The van der Waals surface area contributed by atoms with Gasteiger partial charge in [-0.05, 0) is 29.3 Å². The quantitative estimate of drug-likeness (QED) is 0.216. The molecule has 0 unspecified atom stereocenters. The summed E-state index contributed by atoms with van der Waals surface area (Å²) in [6.45, 7) is 0. The predicted molar refractivity (Wildman–Crippen MR) is 171 cm³/mol. The Morgan fingerprint density at radius 1 is 0.524 bits per heavy atom. The molecule has 4 heteroatoms. The second-order valence-corrected chi connectivity index (χ2v) is 10.1. The minimum Gasteiger partial charge on any atom is -0.497 e. The molecule has 0 bridgehead atoms. The van der Waals surface area contributed by atoms with E-state index in [0.717, 1.165) is 67.1 Å². The van der Waals surface area contributed by atoms with Gasteiger partial charge in [-0.15, -0.1) is 0 Å². The highest BCUT2D eigenvalue weighted by Gasteiger charge is 2.30. The second kappa shape index (κ2) is 10.8. The zero-order chi connectivity index (χ0) is 28.5. The van der Waals surface area contributed by atoms with Crippen molar-refractivity contribution in [3.8, 4) is 67.7 Å². The lowest BCUT2D eigenvalue weighted by Gasteiger charge is -2.13. The molecule has 0 fully saturated rings. The van der Waals surface area contributed by atoms with E-state index in [-0.39, 0.29) is 0 Å². The van der Waals surface area contributed by atoms with Gasteiger partial charge in [0.1, 0.15) is 23.0 Å². The molecule has 0 atom stereocenters. The van der Waals surface area contributed by atoms with Crippen LogP contribution in [0.1, 0.15) is 0 Å². The van der Waals surface area contributed by atoms with Crippen LogP contribution >= 0.6 is 0 Å². The molecular weight excluding hydrogens is 518 g/mol. The van der Waals surface area contributed by atoms with Crippen LogP contribution in [-0.2, 0) is 0 Å². The Balaban J connectivity index is 1.67. The number of benzene rings is 5. The number of rotatable bonds is 7. The molecule has 5 aromatic carbocycles. The average Bonchev–Trinajstić information content (AvgIpc) is 3.64. The molecule has 0 amide bonds. The lowest BCUT2D eigenvalue weighted by Crippen LogP contribution is -1.92. The van der Waals surface area contributed by atoms with Crippen LogP contribution < -0.4 is 9.47 Å². The maximum atomic E-state index is 7.02. The molecule has 0 aliphatic heterocycles. The number of furan rings is 1. The van der Waals surface area contributed by atoms with Crippen molar-refractivity contribution in [2.45, 2.75) is 0 Å². The number of ether oxygens (including phenoxy) is 2. The van der Waals surface area contributed by atoms with Crippen molar-refractivity contribution in [2.75, 3.05) is 14.2 Å². The van der Waals surface area contributed by atoms with Crippen LogP contribution in [0.2, 0.25) is 0 Å². The summed E-state index contributed by atoms with van der Waals surface area (Å²) in [4.78, 5) is 3.74. The molecule has 4 nitrogen and oxygen atoms in total. The maximum absolute atomic E-state index is 7.02. The van der Waals surface area contributed by atoms with Gasteiger partial charge >= 0.3 is 0 Å². The molecular formula is C38H29NO3. The average molecular weight is 548 g/mol. The topological polar surface area (TPSA) is 47.4 Å². The van der Waals surface area contributed by atoms with Crippen molar-refractivity contribution in [1.29, 1.82) is 0 Å². The van der Waals surface area contributed by atoms with Crippen molar-refractivity contribution in [3.63, 3.8) is 0 Å². The minimum absolute atomic E-state index is 0.671. The van der Waals surface area contributed by atoms with Gasteiger partial charge < -0.3 is 18.9 Å². The zero-order valence-electron chi connectivity index (χ0n) is 23.4. The minimum atomic E-state index is 0.671. The van der Waals surface area contributed by atoms with Crippen LogP contribution in [0.3, 0.4) is 0 Å². The summed E-state index contributed by atoms with van der Waals surface area (Å²) in [5.74, 6) is 2.92. The summed E-state index contributed by atoms with van der Waals surface area (Å²) in [5, 5.41) is 1.11. The number of methoxy groups -OCH3 is 2. The number of aromatic amines is 1. The lowest BCUT2D eigenvalue weighted by molar-refractivity contribution is 0.394. The molecule has 0 saturated heterocycles. The summed E-state index contributed by atoms with van der Waals surface area (Å²) in [6.07, 6.45) is 0. The number of nitrogens with one attached hydrogen (secondary N) is 1. The van der Waals surface area contributed by atoms with E-state index in [1.807, 2.05) is 48.5 Å². The Morgan fingerprint density at radius 2 is 1.14 bits per heavy atom. The van der Waals surface area contributed by atoms with Crippen LogP contribution in [0.25, 0.3) is 67.1 Å². The largest absolute Gasteiger partial charge is 0.497 e. The van der Waals surface area contributed by atoms with Gasteiger partial charge in [0.15, 0.2) is 0 Å². The Morgan fingerprint density at radius 3 is 1.81 bits per heavy atom. The SMILES string of the molecule is COc1ccc(-c2oc(-c3ccccc3)c(-c3ccccc3)c2-c2c(-c3ccccc3)[nH]c3ccccc23)c(OC)c1. The highest BCUT2D eigenvalue weighted by molar-refractivity contribution is 6.12. The number of fused-ring (bicyclic) bond motifs is 1. The van der Waals surface area contributed by atoms with E-state index in [0.29, 0.717) is 11.5 Å². The van der Waals surface area contributed by atoms with E-state index >= 15 is 0 Å². The molecule has 42 heavy (non-hydrogen) atoms. The van der Waals surface area contributed by atoms with Gasteiger partial charge in [0.25, 0.3) is 0 Å². The number of hydrogen-bond acceptors (Lipinski definition) is 3. The highest BCUT2D eigenvalue weighted by Crippen LogP contribution is 2.53. The fraction of sp³-hybridized carbons (Fsp3) is 0.0526. The van der Waals surface area contributed by atoms with E-state index in [4.69, 9.17) is 13.9 Å². The number of H-pyrrole nitrogens is 1. The molecule has 0 aliphatic rings. The van der Waals surface area contributed by atoms with Gasteiger partial charge in [-0.1, -0.05) is 109 Å². The van der Waals surface area contributed by atoms with Gasteiger partial charge in [-0.25, -0.2) is 0 Å². The number of para-hydroxylation sites is 1. The zero-order valence-corrected chi connectivity index (χ0v) is 23.4. The van der Waals surface area contributed by atoms with Gasteiger partial charge in [0, 0.05) is 39.2 Å². The lowest BCUT2D eigenvalue weighted by atomic mass is 9.88. The van der Waals surface area contributed by atoms with Crippen LogP contribution in [0.15, 0.2) is 138 Å². The Bertz CT molecular complexity index is 1990. The Kier molecular flexibility index (Phi) is 6.57. The summed E-state index contributed by atoms with van der Waals surface area (Å²) in [6, 6.07) is 45.5. The molecule has 0 spiro atoms. The Labute approximate surface area is 244 Å². The fourth-order valence-electron chi connectivity index (χ4n) is 5.74. The van der Waals surface area contributed by atoms with Gasteiger partial charge in [-0.2, -0.15) is 0 Å². The third-order valence-electron chi connectivity index (χ3n) is 7.68. The van der Waals surface area contributed by atoms with Crippen molar-refractivity contribution in [1.82, 2.24) is 4.98 Å². The standard InChI is InChI=1S/C38H29NO3/c1-40-28-22-23-30(32(24-28)41-2)38-35(33(25-14-6-3-7-15-25)37(42-38)27-18-10-5-11-19-27)34-29-20-12-13-21-31(29)39-36(34)26-16-8-4-9-17-26/h3-24,39H,1-2H3. The molecule has 0 aliphatic carbocycles. The van der Waals surface area contributed by atoms with E-state index in [1.165, 1.54) is 0 Å².